The smallest absolute Gasteiger partial charge is 0.384 e. The van der Waals surface area contributed by atoms with Crippen molar-refractivity contribution in [2.24, 2.45) is 0 Å². The molecule has 0 unspecified atom stereocenters. The van der Waals surface area contributed by atoms with Gasteiger partial charge >= 0.3 is 5.97 Å². The van der Waals surface area contributed by atoms with Crippen molar-refractivity contribution in [1.29, 1.82) is 0 Å². The Morgan fingerprint density at radius 2 is 1.88 bits per heavy atom. The maximum absolute atomic E-state index is 11.0. The molecule has 0 radical (unpaired) electrons. The van der Waals surface area contributed by atoms with Crippen molar-refractivity contribution in [1.82, 2.24) is 0 Å². The fourth-order valence-corrected chi connectivity index (χ4v) is 1.08. The molecule has 0 saturated heterocycles. The Hall–Kier alpha value is -2.08. The van der Waals surface area contributed by atoms with Crippen LogP contribution in [0.5, 0.6) is 0 Å². The summed E-state index contributed by atoms with van der Waals surface area (Å²) in [4.78, 5) is 21.9. The molecule has 16 heavy (non-hydrogen) atoms. The van der Waals surface area contributed by atoms with Gasteiger partial charge in [-0.15, -0.1) is 0 Å². The van der Waals surface area contributed by atoms with Crippen molar-refractivity contribution < 1.29 is 14.3 Å². The molecule has 0 aromatic heterocycles. The van der Waals surface area contributed by atoms with E-state index in [0.717, 1.165) is 0 Å². The van der Waals surface area contributed by atoms with E-state index in [-0.39, 0.29) is 5.78 Å². The van der Waals surface area contributed by atoms with E-state index in [9.17, 15) is 9.59 Å². The topological polar surface area (TPSA) is 43.4 Å². The molecule has 0 aliphatic rings. The van der Waals surface area contributed by atoms with E-state index in [1.54, 1.807) is 31.2 Å². The van der Waals surface area contributed by atoms with Crippen molar-refractivity contribution in [3.63, 3.8) is 0 Å². The number of esters is 1. The summed E-state index contributed by atoms with van der Waals surface area (Å²) in [6.45, 7) is 3.54. The molecular formula is C13H12O3. The lowest BCUT2D eigenvalue weighted by atomic mass is 10.1. The summed E-state index contributed by atoms with van der Waals surface area (Å²) in [5.74, 6) is 4.47. The zero-order valence-electron chi connectivity index (χ0n) is 9.24. The highest BCUT2D eigenvalue weighted by atomic mass is 16.5. The lowest BCUT2D eigenvalue weighted by molar-refractivity contribution is -0.136. The first kappa shape index (κ1) is 12.0. The van der Waals surface area contributed by atoms with Crippen molar-refractivity contribution in [2.75, 3.05) is 6.61 Å². The molecule has 0 aliphatic heterocycles. The van der Waals surface area contributed by atoms with Gasteiger partial charge in [0, 0.05) is 17.0 Å². The highest BCUT2D eigenvalue weighted by Gasteiger charge is 1.97. The fourth-order valence-electron chi connectivity index (χ4n) is 1.08. The number of Topliss-reactive ketones (excluding diaryl/α,β-unsaturated/α-hetero) is 1. The normalized spacial score (nSPS) is 8.88. The molecule has 1 aromatic carbocycles. The number of benzene rings is 1. The summed E-state index contributed by atoms with van der Waals surface area (Å²) in [6.07, 6.45) is 0. The third kappa shape index (κ3) is 3.58. The molecule has 0 spiro atoms. The van der Waals surface area contributed by atoms with E-state index < -0.39 is 5.97 Å². The minimum absolute atomic E-state index is 0.00454. The maximum atomic E-state index is 11.0. The lowest BCUT2D eigenvalue weighted by Crippen LogP contribution is -1.99. The Morgan fingerprint density at radius 3 is 2.38 bits per heavy atom. The number of ether oxygens (including phenoxy) is 1. The predicted octanol–water partition coefficient (Wildman–Crippen LogP) is 1.80. The summed E-state index contributed by atoms with van der Waals surface area (Å²) in [6, 6.07) is 6.75. The maximum Gasteiger partial charge on any atom is 0.384 e. The number of carbonyl (C=O) groups excluding carboxylic acids is 2. The molecule has 1 aromatic rings. The second-order valence-corrected chi connectivity index (χ2v) is 3.10. The molecule has 0 fully saturated rings. The molecule has 0 atom stereocenters. The molecule has 3 nitrogen and oxygen atoms in total. The molecule has 0 N–H and O–H groups in total. The average molecular weight is 216 g/mol. The minimum atomic E-state index is -0.543. The van der Waals surface area contributed by atoms with Crippen LogP contribution in [0.4, 0.5) is 0 Å². The third-order valence-electron chi connectivity index (χ3n) is 1.88. The second-order valence-electron chi connectivity index (χ2n) is 3.10. The molecule has 0 bridgehead atoms. The largest absolute Gasteiger partial charge is 0.456 e. The molecule has 0 amide bonds. The number of hydrogen-bond acceptors (Lipinski definition) is 3. The van der Waals surface area contributed by atoms with E-state index in [4.69, 9.17) is 0 Å². The Balaban J connectivity index is 2.75. The number of rotatable bonds is 2. The third-order valence-corrected chi connectivity index (χ3v) is 1.88. The highest BCUT2D eigenvalue weighted by Crippen LogP contribution is 2.03. The number of ketones is 1. The van der Waals surface area contributed by atoms with Crippen molar-refractivity contribution in [2.45, 2.75) is 13.8 Å². The van der Waals surface area contributed by atoms with Crippen LogP contribution in [0.1, 0.15) is 29.8 Å². The Bertz CT molecular complexity index is 446. The average Bonchev–Trinajstić information content (AvgIpc) is 2.27. The van der Waals surface area contributed by atoms with Gasteiger partial charge in [0.15, 0.2) is 5.78 Å². The Labute approximate surface area is 94.4 Å². The molecule has 3 heteroatoms. The Kier molecular flexibility index (Phi) is 4.28. The van der Waals surface area contributed by atoms with Gasteiger partial charge in [-0.05, 0) is 26.0 Å². The lowest BCUT2D eigenvalue weighted by Gasteiger charge is -1.94. The highest BCUT2D eigenvalue weighted by molar-refractivity contribution is 5.94. The monoisotopic (exact) mass is 216 g/mol. The zero-order valence-corrected chi connectivity index (χ0v) is 9.24. The molecular weight excluding hydrogens is 204 g/mol. The van der Waals surface area contributed by atoms with Gasteiger partial charge in [-0.3, -0.25) is 4.79 Å². The number of hydrogen-bond donors (Lipinski definition) is 0. The van der Waals surface area contributed by atoms with Crippen molar-refractivity contribution >= 4 is 11.8 Å². The van der Waals surface area contributed by atoms with Crippen LogP contribution in [0.2, 0.25) is 0 Å². The van der Waals surface area contributed by atoms with Crippen LogP contribution in [-0.4, -0.2) is 18.4 Å². The van der Waals surface area contributed by atoms with Crippen molar-refractivity contribution in [3.8, 4) is 11.8 Å². The van der Waals surface area contributed by atoms with Gasteiger partial charge in [0.1, 0.15) is 0 Å². The molecule has 0 saturated carbocycles. The molecule has 0 heterocycles. The van der Waals surface area contributed by atoms with Crippen LogP contribution in [-0.2, 0) is 9.53 Å². The molecule has 0 aliphatic carbocycles. The molecule has 82 valence electrons. The van der Waals surface area contributed by atoms with Crippen molar-refractivity contribution in [3.05, 3.63) is 35.4 Å². The van der Waals surface area contributed by atoms with Gasteiger partial charge in [0.2, 0.25) is 0 Å². The summed E-state index contributed by atoms with van der Waals surface area (Å²) in [5.41, 5.74) is 1.31. The van der Waals surface area contributed by atoms with Crippen LogP contribution in [0.25, 0.3) is 0 Å². The minimum Gasteiger partial charge on any atom is -0.456 e. The van der Waals surface area contributed by atoms with Crippen LogP contribution >= 0.6 is 0 Å². The van der Waals surface area contributed by atoms with E-state index in [0.29, 0.717) is 17.7 Å². The standard InChI is InChI=1S/C13H12O3/c1-3-16-13(15)9-6-11-4-7-12(8-5-11)10(2)14/h4-5,7-8H,3H2,1-2H3. The summed E-state index contributed by atoms with van der Waals surface area (Å²) >= 11 is 0. The summed E-state index contributed by atoms with van der Waals surface area (Å²) in [5, 5.41) is 0. The van der Waals surface area contributed by atoms with E-state index in [1.165, 1.54) is 6.92 Å². The first-order valence-electron chi connectivity index (χ1n) is 4.93. The van der Waals surface area contributed by atoms with Gasteiger partial charge in [0.05, 0.1) is 6.61 Å². The summed E-state index contributed by atoms with van der Waals surface area (Å²) < 4.78 is 4.66. The van der Waals surface area contributed by atoms with Crippen LogP contribution < -0.4 is 0 Å². The summed E-state index contributed by atoms with van der Waals surface area (Å²) in [7, 11) is 0. The first-order valence-corrected chi connectivity index (χ1v) is 4.93. The van der Waals surface area contributed by atoms with Crippen LogP contribution in [0.3, 0.4) is 0 Å². The van der Waals surface area contributed by atoms with E-state index in [1.807, 2.05) is 0 Å². The van der Waals surface area contributed by atoms with Crippen LogP contribution in [0.15, 0.2) is 24.3 Å². The SMILES string of the molecule is CCOC(=O)C#Cc1ccc(C(C)=O)cc1. The first-order chi connectivity index (χ1) is 7.63. The van der Waals surface area contributed by atoms with E-state index >= 15 is 0 Å². The fraction of sp³-hybridized carbons (Fsp3) is 0.231. The van der Waals surface area contributed by atoms with E-state index in [2.05, 4.69) is 16.6 Å². The van der Waals surface area contributed by atoms with Gasteiger partial charge in [0.25, 0.3) is 0 Å². The van der Waals surface area contributed by atoms with Crippen LogP contribution in [0, 0.1) is 11.8 Å². The van der Waals surface area contributed by atoms with Gasteiger partial charge in [-0.1, -0.05) is 18.1 Å². The van der Waals surface area contributed by atoms with Gasteiger partial charge in [-0.2, -0.15) is 0 Å². The molecule has 1 rings (SSSR count). The Morgan fingerprint density at radius 1 is 1.25 bits per heavy atom. The zero-order chi connectivity index (χ0) is 12.0. The number of carbonyl (C=O) groups is 2. The van der Waals surface area contributed by atoms with Gasteiger partial charge in [-0.25, -0.2) is 4.79 Å². The predicted molar refractivity (Wildman–Crippen MR) is 60.0 cm³/mol. The quantitative estimate of drug-likeness (QED) is 0.430. The second kappa shape index (κ2) is 5.72. The van der Waals surface area contributed by atoms with Gasteiger partial charge < -0.3 is 4.74 Å².